The molecule has 2 aromatic rings. The van der Waals surface area contributed by atoms with Crippen molar-refractivity contribution >= 4 is 11.4 Å². The number of fused-ring (bicyclic) bond motifs is 1. The van der Waals surface area contributed by atoms with Crippen molar-refractivity contribution in [2.75, 3.05) is 36.5 Å². The number of para-hydroxylation sites is 2. The van der Waals surface area contributed by atoms with Crippen molar-refractivity contribution < 1.29 is 0 Å². The average Bonchev–Trinajstić information content (AvgIpc) is 2.55. The maximum Gasteiger partial charge on any atom is 0.0604 e. The van der Waals surface area contributed by atoms with Gasteiger partial charge in [-0.05, 0) is 24.1 Å². The van der Waals surface area contributed by atoms with Crippen molar-refractivity contribution in [3.63, 3.8) is 0 Å². The highest BCUT2D eigenvalue weighted by Crippen LogP contribution is 2.32. The molecule has 0 saturated heterocycles. The van der Waals surface area contributed by atoms with Crippen LogP contribution >= 0.6 is 0 Å². The summed E-state index contributed by atoms with van der Waals surface area (Å²) in [7, 11) is 2.16. The zero-order chi connectivity index (χ0) is 14.7. The SMILES string of the molecule is CN1CCN(CCC(N)c2ccccc2)c2ccccc21. The van der Waals surface area contributed by atoms with Crippen LogP contribution in [0.4, 0.5) is 11.4 Å². The summed E-state index contributed by atoms with van der Waals surface area (Å²) in [6.07, 6.45) is 0.974. The Morgan fingerprint density at radius 2 is 1.62 bits per heavy atom. The van der Waals surface area contributed by atoms with Gasteiger partial charge in [-0.2, -0.15) is 0 Å². The van der Waals surface area contributed by atoms with Gasteiger partial charge in [-0.3, -0.25) is 0 Å². The third-order valence-electron chi connectivity index (χ3n) is 4.28. The van der Waals surface area contributed by atoms with Crippen molar-refractivity contribution in [2.45, 2.75) is 12.5 Å². The first-order valence-electron chi connectivity index (χ1n) is 7.61. The minimum atomic E-state index is 0.109. The molecule has 2 N–H and O–H groups in total. The molecule has 0 bridgehead atoms. The van der Waals surface area contributed by atoms with Crippen LogP contribution < -0.4 is 15.5 Å². The molecule has 110 valence electrons. The van der Waals surface area contributed by atoms with Gasteiger partial charge in [0, 0.05) is 32.7 Å². The van der Waals surface area contributed by atoms with Gasteiger partial charge in [0.25, 0.3) is 0 Å². The van der Waals surface area contributed by atoms with Gasteiger partial charge < -0.3 is 15.5 Å². The Morgan fingerprint density at radius 3 is 2.38 bits per heavy atom. The molecule has 1 atom stereocenters. The van der Waals surface area contributed by atoms with Crippen LogP contribution in [0.1, 0.15) is 18.0 Å². The van der Waals surface area contributed by atoms with E-state index in [1.165, 1.54) is 16.9 Å². The third-order valence-corrected chi connectivity index (χ3v) is 4.28. The lowest BCUT2D eigenvalue weighted by molar-refractivity contribution is 0.617. The Hall–Kier alpha value is -2.00. The Kier molecular flexibility index (Phi) is 4.11. The molecule has 0 spiro atoms. The lowest BCUT2D eigenvalue weighted by Gasteiger charge is -2.37. The van der Waals surface area contributed by atoms with Crippen molar-refractivity contribution in [3.8, 4) is 0 Å². The van der Waals surface area contributed by atoms with Gasteiger partial charge in [-0.25, -0.2) is 0 Å². The van der Waals surface area contributed by atoms with Gasteiger partial charge in [0.2, 0.25) is 0 Å². The van der Waals surface area contributed by atoms with E-state index in [1.807, 2.05) is 6.07 Å². The lowest BCUT2D eigenvalue weighted by Crippen LogP contribution is -2.40. The van der Waals surface area contributed by atoms with Gasteiger partial charge in [0.05, 0.1) is 11.4 Å². The van der Waals surface area contributed by atoms with E-state index in [0.29, 0.717) is 0 Å². The number of benzene rings is 2. The van der Waals surface area contributed by atoms with E-state index in [0.717, 1.165) is 26.1 Å². The molecule has 3 heteroatoms. The molecule has 1 unspecified atom stereocenters. The maximum absolute atomic E-state index is 6.32. The van der Waals surface area contributed by atoms with Crippen LogP contribution in [0.15, 0.2) is 54.6 Å². The molecule has 0 aromatic heterocycles. The fourth-order valence-corrected chi connectivity index (χ4v) is 2.96. The summed E-state index contributed by atoms with van der Waals surface area (Å²) < 4.78 is 0. The minimum absolute atomic E-state index is 0.109. The number of anilines is 2. The fraction of sp³-hybridized carbons (Fsp3) is 0.333. The Bertz CT molecular complexity index is 582. The summed E-state index contributed by atoms with van der Waals surface area (Å²) >= 11 is 0. The van der Waals surface area contributed by atoms with Crippen LogP contribution in [0.25, 0.3) is 0 Å². The van der Waals surface area contributed by atoms with Crippen molar-refractivity contribution in [1.82, 2.24) is 0 Å². The lowest BCUT2D eigenvalue weighted by atomic mass is 10.0. The van der Waals surface area contributed by atoms with Crippen LogP contribution in [0.3, 0.4) is 0 Å². The smallest absolute Gasteiger partial charge is 0.0604 e. The van der Waals surface area contributed by atoms with E-state index < -0.39 is 0 Å². The fourth-order valence-electron chi connectivity index (χ4n) is 2.96. The van der Waals surface area contributed by atoms with Crippen LogP contribution in [-0.2, 0) is 0 Å². The summed E-state index contributed by atoms with van der Waals surface area (Å²) in [6.45, 7) is 3.13. The third kappa shape index (κ3) is 3.03. The number of nitrogens with two attached hydrogens (primary N) is 1. The first-order valence-corrected chi connectivity index (χ1v) is 7.61. The van der Waals surface area contributed by atoms with E-state index in [4.69, 9.17) is 5.73 Å². The summed E-state index contributed by atoms with van der Waals surface area (Å²) in [5, 5.41) is 0. The largest absolute Gasteiger partial charge is 0.371 e. The molecule has 2 aromatic carbocycles. The highest BCUT2D eigenvalue weighted by atomic mass is 15.2. The van der Waals surface area contributed by atoms with E-state index in [-0.39, 0.29) is 6.04 Å². The summed E-state index contributed by atoms with van der Waals surface area (Å²) in [5.74, 6) is 0. The zero-order valence-electron chi connectivity index (χ0n) is 12.6. The summed E-state index contributed by atoms with van der Waals surface area (Å²) in [4.78, 5) is 4.78. The molecule has 3 rings (SSSR count). The highest BCUT2D eigenvalue weighted by molar-refractivity contribution is 5.73. The predicted molar refractivity (Wildman–Crippen MR) is 89.9 cm³/mol. The van der Waals surface area contributed by atoms with E-state index in [2.05, 4.69) is 65.4 Å². The maximum atomic E-state index is 6.32. The Labute approximate surface area is 127 Å². The molecule has 0 fully saturated rings. The molecule has 1 aliphatic heterocycles. The van der Waals surface area contributed by atoms with Crippen molar-refractivity contribution in [1.29, 1.82) is 0 Å². The normalized spacial score (nSPS) is 15.7. The quantitative estimate of drug-likeness (QED) is 0.935. The molecule has 0 radical (unpaired) electrons. The van der Waals surface area contributed by atoms with Gasteiger partial charge in [0.15, 0.2) is 0 Å². The highest BCUT2D eigenvalue weighted by Gasteiger charge is 2.20. The van der Waals surface area contributed by atoms with E-state index >= 15 is 0 Å². The summed E-state index contributed by atoms with van der Waals surface area (Å²) in [5.41, 5.74) is 10.2. The Balaban J connectivity index is 1.68. The number of hydrogen-bond acceptors (Lipinski definition) is 3. The molecule has 1 aliphatic rings. The molecule has 0 amide bonds. The molecule has 1 heterocycles. The van der Waals surface area contributed by atoms with Crippen molar-refractivity contribution in [2.24, 2.45) is 5.73 Å². The van der Waals surface area contributed by atoms with Crippen LogP contribution in [-0.4, -0.2) is 26.7 Å². The first-order chi connectivity index (χ1) is 10.3. The predicted octanol–water partition coefficient (Wildman–Crippen LogP) is 3.03. The first kappa shape index (κ1) is 14.0. The van der Waals surface area contributed by atoms with Crippen LogP contribution in [0.2, 0.25) is 0 Å². The van der Waals surface area contributed by atoms with Gasteiger partial charge in [0.1, 0.15) is 0 Å². The number of nitrogens with zero attached hydrogens (tertiary/aromatic N) is 2. The van der Waals surface area contributed by atoms with Crippen LogP contribution in [0, 0.1) is 0 Å². The van der Waals surface area contributed by atoms with Crippen molar-refractivity contribution in [3.05, 3.63) is 60.2 Å². The van der Waals surface area contributed by atoms with E-state index in [1.54, 1.807) is 0 Å². The summed E-state index contributed by atoms with van der Waals surface area (Å²) in [6, 6.07) is 19.1. The molecule has 0 aliphatic carbocycles. The second kappa shape index (κ2) is 6.19. The zero-order valence-corrected chi connectivity index (χ0v) is 12.6. The standard InChI is InChI=1S/C18H23N3/c1-20-13-14-21(18-10-6-5-9-17(18)20)12-11-16(19)15-7-3-2-4-8-15/h2-10,16H,11-14,19H2,1H3. The topological polar surface area (TPSA) is 32.5 Å². The van der Waals surface area contributed by atoms with Crippen LogP contribution in [0.5, 0.6) is 0 Å². The van der Waals surface area contributed by atoms with Gasteiger partial charge >= 0.3 is 0 Å². The second-order valence-electron chi connectivity index (χ2n) is 5.70. The number of likely N-dealkylation sites (N-methyl/N-ethyl adjacent to an activating group) is 1. The Morgan fingerprint density at radius 1 is 0.952 bits per heavy atom. The van der Waals surface area contributed by atoms with E-state index in [9.17, 15) is 0 Å². The van der Waals surface area contributed by atoms with Gasteiger partial charge in [-0.15, -0.1) is 0 Å². The average molecular weight is 281 g/mol. The monoisotopic (exact) mass is 281 g/mol. The minimum Gasteiger partial charge on any atom is -0.371 e. The molecule has 3 nitrogen and oxygen atoms in total. The molecule has 0 saturated carbocycles. The number of rotatable bonds is 4. The molecular weight excluding hydrogens is 258 g/mol. The number of hydrogen-bond donors (Lipinski definition) is 1. The molecule has 21 heavy (non-hydrogen) atoms. The second-order valence-corrected chi connectivity index (χ2v) is 5.70. The van der Waals surface area contributed by atoms with Gasteiger partial charge in [-0.1, -0.05) is 42.5 Å². The molecular formula is C18H23N3.